The van der Waals surface area contributed by atoms with Gasteiger partial charge in [0.05, 0.1) is 6.54 Å². The van der Waals surface area contributed by atoms with E-state index in [1.165, 1.54) is 12.1 Å². The molecule has 1 aromatic carbocycles. The molecule has 17 heavy (non-hydrogen) atoms. The second-order valence-electron chi connectivity index (χ2n) is 4.36. The minimum absolute atomic E-state index is 0.239. The molecule has 1 aliphatic rings. The van der Waals surface area contributed by atoms with Crippen molar-refractivity contribution in [3.05, 3.63) is 35.6 Å². The van der Waals surface area contributed by atoms with Gasteiger partial charge < -0.3 is 5.32 Å². The van der Waals surface area contributed by atoms with E-state index in [2.05, 4.69) is 5.32 Å². The molecule has 1 nitrogen and oxygen atoms in total. The van der Waals surface area contributed by atoms with Gasteiger partial charge in [-0.05, 0) is 36.5 Å². The second kappa shape index (κ2) is 4.64. The molecule has 2 rings (SSSR count). The van der Waals surface area contributed by atoms with Crippen LogP contribution in [0.15, 0.2) is 24.3 Å². The third-order valence-electron chi connectivity index (χ3n) is 2.84. The molecule has 0 radical (unpaired) electrons. The number of hydrogen-bond donors (Lipinski definition) is 1. The fourth-order valence-corrected chi connectivity index (χ4v) is 1.88. The minimum atomic E-state index is -4.22. The molecule has 5 heteroatoms. The summed E-state index contributed by atoms with van der Waals surface area (Å²) in [6, 6.07) is 5.32. The molecule has 0 spiro atoms. The molecular weight excluding hydrogens is 234 g/mol. The lowest BCUT2D eigenvalue weighted by molar-refractivity contribution is -0.126. The molecule has 1 aliphatic carbocycles. The van der Waals surface area contributed by atoms with Crippen LogP contribution < -0.4 is 5.32 Å². The van der Waals surface area contributed by atoms with E-state index >= 15 is 0 Å². The number of halogens is 4. The maximum absolute atomic E-state index is 12.7. The molecule has 1 unspecified atom stereocenters. The van der Waals surface area contributed by atoms with Crippen molar-refractivity contribution in [1.82, 2.24) is 5.32 Å². The summed E-state index contributed by atoms with van der Waals surface area (Å²) in [7, 11) is 0. The Morgan fingerprint density at radius 1 is 1.18 bits per heavy atom. The van der Waals surface area contributed by atoms with Gasteiger partial charge in [-0.3, -0.25) is 0 Å². The summed E-state index contributed by atoms with van der Waals surface area (Å²) in [6.07, 6.45) is -2.37. The van der Waals surface area contributed by atoms with Gasteiger partial charge in [-0.2, -0.15) is 13.2 Å². The Morgan fingerprint density at radius 3 is 2.24 bits per heavy atom. The summed E-state index contributed by atoms with van der Waals surface area (Å²) < 4.78 is 49.2. The zero-order valence-corrected chi connectivity index (χ0v) is 9.10. The Labute approximate surface area is 96.8 Å². The highest BCUT2D eigenvalue weighted by molar-refractivity contribution is 5.22. The lowest BCUT2D eigenvalue weighted by Gasteiger charge is -2.19. The molecule has 1 atom stereocenters. The van der Waals surface area contributed by atoms with Gasteiger partial charge in [-0.1, -0.05) is 12.1 Å². The van der Waals surface area contributed by atoms with Crippen LogP contribution in [0.5, 0.6) is 0 Å². The SMILES string of the molecule is Fc1ccc(C(NCC(F)(F)F)C2CC2)cc1. The smallest absolute Gasteiger partial charge is 0.302 e. The molecule has 0 saturated heterocycles. The van der Waals surface area contributed by atoms with Crippen molar-refractivity contribution in [2.75, 3.05) is 6.54 Å². The number of hydrogen-bond acceptors (Lipinski definition) is 1. The monoisotopic (exact) mass is 247 g/mol. The van der Waals surface area contributed by atoms with Crippen LogP contribution in [0.1, 0.15) is 24.4 Å². The highest BCUT2D eigenvalue weighted by Crippen LogP contribution is 2.41. The molecule has 1 fully saturated rings. The third kappa shape index (κ3) is 3.70. The van der Waals surface area contributed by atoms with Crippen LogP contribution in [0.4, 0.5) is 17.6 Å². The molecule has 94 valence electrons. The Bertz CT molecular complexity index is 367. The van der Waals surface area contributed by atoms with Crippen molar-refractivity contribution < 1.29 is 17.6 Å². The third-order valence-corrected chi connectivity index (χ3v) is 2.84. The average molecular weight is 247 g/mol. The highest BCUT2D eigenvalue weighted by Gasteiger charge is 2.35. The fourth-order valence-electron chi connectivity index (χ4n) is 1.88. The first-order chi connectivity index (χ1) is 7.96. The minimum Gasteiger partial charge on any atom is -0.302 e. The predicted molar refractivity (Wildman–Crippen MR) is 55.9 cm³/mol. The largest absolute Gasteiger partial charge is 0.401 e. The van der Waals surface area contributed by atoms with Gasteiger partial charge in [0.25, 0.3) is 0 Å². The lowest BCUT2D eigenvalue weighted by Crippen LogP contribution is -2.33. The Hall–Kier alpha value is -1.10. The van der Waals surface area contributed by atoms with E-state index in [1.54, 1.807) is 12.1 Å². The van der Waals surface area contributed by atoms with Crippen LogP contribution in [-0.4, -0.2) is 12.7 Å². The van der Waals surface area contributed by atoms with Crippen molar-refractivity contribution in [2.45, 2.75) is 25.1 Å². The predicted octanol–water partition coefficient (Wildman–Crippen LogP) is 3.43. The standard InChI is InChI=1S/C12H13F4N/c13-10-5-3-9(4-6-10)11(8-1-2-8)17-7-12(14,15)16/h3-6,8,11,17H,1-2,7H2. The second-order valence-corrected chi connectivity index (χ2v) is 4.36. The normalized spacial score (nSPS) is 18.1. The van der Waals surface area contributed by atoms with Gasteiger partial charge in [0, 0.05) is 6.04 Å². The van der Waals surface area contributed by atoms with Crippen molar-refractivity contribution in [3.63, 3.8) is 0 Å². The summed E-state index contributed by atoms with van der Waals surface area (Å²) >= 11 is 0. The van der Waals surface area contributed by atoms with E-state index in [0.717, 1.165) is 18.4 Å². The van der Waals surface area contributed by atoms with Crippen LogP contribution in [-0.2, 0) is 0 Å². The van der Waals surface area contributed by atoms with E-state index in [-0.39, 0.29) is 17.8 Å². The summed E-state index contributed by atoms with van der Waals surface area (Å²) in [5, 5.41) is 2.51. The first-order valence-electron chi connectivity index (χ1n) is 5.51. The molecule has 1 saturated carbocycles. The summed E-state index contributed by atoms with van der Waals surface area (Å²) in [5.74, 6) is -0.137. The van der Waals surface area contributed by atoms with Crippen LogP contribution in [0.3, 0.4) is 0 Å². The van der Waals surface area contributed by atoms with Gasteiger partial charge in [0.15, 0.2) is 0 Å². The first-order valence-corrected chi connectivity index (χ1v) is 5.51. The summed E-state index contributed by atoms with van der Waals surface area (Å²) in [5.41, 5.74) is 0.721. The molecule has 1 aromatic rings. The molecular formula is C12H13F4N. The van der Waals surface area contributed by atoms with Crippen molar-refractivity contribution in [3.8, 4) is 0 Å². The van der Waals surface area contributed by atoms with E-state index in [9.17, 15) is 17.6 Å². The quantitative estimate of drug-likeness (QED) is 0.804. The molecule has 0 aliphatic heterocycles. The Morgan fingerprint density at radius 2 is 1.76 bits per heavy atom. The van der Waals surface area contributed by atoms with E-state index in [1.807, 2.05) is 0 Å². The zero-order valence-electron chi connectivity index (χ0n) is 9.10. The molecule has 0 bridgehead atoms. The van der Waals surface area contributed by atoms with E-state index < -0.39 is 12.7 Å². The van der Waals surface area contributed by atoms with Gasteiger partial charge in [-0.15, -0.1) is 0 Å². The molecule has 0 amide bonds. The van der Waals surface area contributed by atoms with Crippen LogP contribution in [0.2, 0.25) is 0 Å². The van der Waals surface area contributed by atoms with Crippen molar-refractivity contribution in [2.24, 2.45) is 5.92 Å². The van der Waals surface area contributed by atoms with Crippen LogP contribution in [0.25, 0.3) is 0 Å². The first kappa shape index (κ1) is 12.4. The summed E-state index contributed by atoms with van der Waals surface area (Å²) in [6.45, 7) is -1.01. The topological polar surface area (TPSA) is 12.0 Å². The number of rotatable bonds is 4. The number of alkyl halides is 3. The zero-order chi connectivity index (χ0) is 12.5. The lowest BCUT2D eigenvalue weighted by atomic mass is 10.0. The number of benzene rings is 1. The van der Waals surface area contributed by atoms with Gasteiger partial charge in [0.2, 0.25) is 0 Å². The maximum atomic E-state index is 12.7. The van der Waals surface area contributed by atoms with Crippen molar-refractivity contribution >= 4 is 0 Å². The van der Waals surface area contributed by atoms with Crippen LogP contribution in [0, 0.1) is 11.7 Å². The van der Waals surface area contributed by atoms with E-state index in [4.69, 9.17) is 0 Å². The maximum Gasteiger partial charge on any atom is 0.401 e. The van der Waals surface area contributed by atoms with E-state index in [0.29, 0.717) is 0 Å². The van der Waals surface area contributed by atoms with Gasteiger partial charge in [-0.25, -0.2) is 4.39 Å². The average Bonchev–Trinajstić information content (AvgIpc) is 3.03. The van der Waals surface area contributed by atoms with Gasteiger partial charge >= 0.3 is 6.18 Å². The van der Waals surface area contributed by atoms with Gasteiger partial charge in [0.1, 0.15) is 5.82 Å². The Kier molecular flexibility index (Phi) is 3.38. The molecule has 0 aromatic heterocycles. The molecule has 1 N–H and O–H groups in total. The van der Waals surface area contributed by atoms with Crippen molar-refractivity contribution in [1.29, 1.82) is 0 Å². The molecule has 0 heterocycles. The Balaban J connectivity index is 2.04. The number of nitrogens with one attached hydrogen (secondary N) is 1. The fraction of sp³-hybridized carbons (Fsp3) is 0.500. The summed E-state index contributed by atoms with van der Waals surface area (Å²) in [4.78, 5) is 0. The van der Waals surface area contributed by atoms with Crippen LogP contribution >= 0.6 is 0 Å². The highest BCUT2D eigenvalue weighted by atomic mass is 19.4.